The number of anilines is 1. The minimum Gasteiger partial charge on any atom is -0.450 e. The molecule has 0 atom stereocenters. The summed E-state index contributed by atoms with van der Waals surface area (Å²) in [5.41, 5.74) is 0. The van der Waals surface area contributed by atoms with Crippen molar-refractivity contribution in [2.75, 3.05) is 11.9 Å². The van der Waals surface area contributed by atoms with Crippen LogP contribution in [0, 0.1) is 0 Å². The van der Waals surface area contributed by atoms with E-state index in [0.29, 0.717) is 6.61 Å². The summed E-state index contributed by atoms with van der Waals surface area (Å²) in [6.45, 7) is 2.06. The number of ether oxygens (including phenoxy) is 1. The average Bonchev–Trinajstić information content (AvgIpc) is 2.40. The third-order valence-electron chi connectivity index (χ3n) is 0.911. The van der Waals surface area contributed by atoms with Gasteiger partial charge in [0.05, 0.1) is 6.61 Å². The van der Waals surface area contributed by atoms with E-state index in [1.807, 2.05) is 0 Å². The Kier molecular flexibility index (Phi) is 2.42. The van der Waals surface area contributed by atoms with E-state index < -0.39 is 6.09 Å². The molecule has 1 heterocycles. The molecule has 1 amide bonds. The van der Waals surface area contributed by atoms with Gasteiger partial charge < -0.3 is 4.74 Å². The third-order valence-corrected chi connectivity index (χ3v) is 0.911. The molecule has 2 N–H and O–H groups in total. The van der Waals surface area contributed by atoms with Crippen molar-refractivity contribution in [3.05, 3.63) is 6.33 Å². The number of hydrogen-bond donors (Lipinski definition) is 2. The van der Waals surface area contributed by atoms with Crippen molar-refractivity contribution in [2.45, 2.75) is 6.92 Å². The molecular weight excluding hydrogens is 148 g/mol. The molecule has 6 nitrogen and oxygen atoms in total. The molecule has 0 aliphatic carbocycles. The Hall–Kier alpha value is -1.59. The number of amides is 1. The minimum absolute atomic E-state index is 0.281. The topological polar surface area (TPSA) is 79.9 Å². The van der Waals surface area contributed by atoms with Crippen LogP contribution in [0.2, 0.25) is 0 Å². The predicted octanol–water partition coefficient (Wildman–Crippen LogP) is 0.373. The lowest BCUT2D eigenvalue weighted by Crippen LogP contribution is -2.14. The van der Waals surface area contributed by atoms with Gasteiger partial charge in [0.25, 0.3) is 0 Å². The Morgan fingerprint density at radius 3 is 3.27 bits per heavy atom. The van der Waals surface area contributed by atoms with Crippen molar-refractivity contribution >= 4 is 12.0 Å². The van der Waals surface area contributed by atoms with Gasteiger partial charge in [0.1, 0.15) is 6.33 Å². The quantitative estimate of drug-likeness (QED) is 0.648. The Balaban J connectivity index is 2.37. The number of nitrogens with zero attached hydrogens (tertiary/aromatic N) is 2. The summed E-state index contributed by atoms with van der Waals surface area (Å²) in [7, 11) is 0. The largest absolute Gasteiger partial charge is 0.450 e. The number of aromatic amines is 1. The number of carbonyl (C=O) groups is 1. The van der Waals surface area contributed by atoms with Gasteiger partial charge in [0.2, 0.25) is 5.95 Å². The first-order valence-electron chi connectivity index (χ1n) is 3.12. The molecule has 0 spiro atoms. The maximum atomic E-state index is 10.7. The fraction of sp³-hybridized carbons (Fsp3) is 0.400. The zero-order valence-corrected chi connectivity index (χ0v) is 6.00. The molecule has 1 rings (SSSR count). The standard InChI is InChI=1S/C5H8N4O2/c1-2-11-5(10)8-4-6-3-7-9-4/h3H,2H2,1H3,(H2,6,7,8,9,10). The lowest BCUT2D eigenvalue weighted by molar-refractivity contribution is 0.167. The van der Waals surface area contributed by atoms with E-state index in [9.17, 15) is 4.79 Å². The Bertz CT molecular complexity index is 220. The number of H-pyrrole nitrogens is 1. The van der Waals surface area contributed by atoms with Crippen molar-refractivity contribution in [1.29, 1.82) is 0 Å². The molecule has 0 aliphatic heterocycles. The SMILES string of the molecule is CCOC(=O)Nc1ncn[nH]1. The highest BCUT2D eigenvalue weighted by atomic mass is 16.5. The van der Waals surface area contributed by atoms with Crippen molar-refractivity contribution in [3.8, 4) is 0 Å². The molecule has 0 saturated carbocycles. The summed E-state index contributed by atoms with van der Waals surface area (Å²) in [5.74, 6) is 0.281. The van der Waals surface area contributed by atoms with Crippen LogP contribution in [0.3, 0.4) is 0 Å². The lowest BCUT2D eigenvalue weighted by atomic mass is 10.8. The summed E-state index contributed by atoms with van der Waals surface area (Å²) < 4.78 is 4.58. The Morgan fingerprint density at radius 1 is 1.91 bits per heavy atom. The molecule has 0 aliphatic rings. The van der Waals surface area contributed by atoms with E-state index >= 15 is 0 Å². The lowest BCUT2D eigenvalue weighted by Gasteiger charge is -1.99. The van der Waals surface area contributed by atoms with E-state index in [-0.39, 0.29) is 5.95 Å². The van der Waals surface area contributed by atoms with Gasteiger partial charge in [0.15, 0.2) is 0 Å². The fourth-order valence-corrected chi connectivity index (χ4v) is 0.530. The summed E-state index contributed by atoms with van der Waals surface area (Å²) in [6.07, 6.45) is 0.755. The monoisotopic (exact) mass is 156 g/mol. The highest BCUT2D eigenvalue weighted by molar-refractivity contribution is 5.81. The Morgan fingerprint density at radius 2 is 2.73 bits per heavy atom. The van der Waals surface area contributed by atoms with Gasteiger partial charge in [0, 0.05) is 0 Å². The van der Waals surface area contributed by atoms with Crippen LogP contribution in [0.5, 0.6) is 0 Å². The van der Waals surface area contributed by atoms with Gasteiger partial charge in [-0.15, -0.1) is 0 Å². The second-order valence-corrected chi connectivity index (χ2v) is 1.68. The number of hydrogen-bond acceptors (Lipinski definition) is 4. The van der Waals surface area contributed by atoms with Crippen molar-refractivity contribution in [3.63, 3.8) is 0 Å². The molecule has 0 bridgehead atoms. The number of aromatic nitrogens is 3. The van der Waals surface area contributed by atoms with Crippen LogP contribution in [0.4, 0.5) is 10.7 Å². The highest BCUT2D eigenvalue weighted by Crippen LogP contribution is 1.92. The minimum atomic E-state index is -0.538. The van der Waals surface area contributed by atoms with Crippen LogP contribution in [0.15, 0.2) is 6.33 Å². The van der Waals surface area contributed by atoms with Crippen molar-refractivity contribution < 1.29 is 9.53 Å². The zero-order chi connectivity index (χ0) is 8.10. The zero-order valence-electron chi connectivity index (χ0n) is 6.00. The molecular formula is C5H8N4O2. The number of carbonyl (C=O) groups excluding carboxylic acids is 1. The van der Waals surface area contributed by atoms with Crippen LogP contribution in [0.1, 0.15) is 6.92 Å². The van der Waals surface area contributed by atoms with Gasteiger partial charge >= 0.3 is 6.09 Å². The second-order valence-electron chi connectivity index (χ2n) is 1.68. The van der Waals surface area contributed by atoms with Crippen LogP contribution in [0.25, 0.3) is 0 Å². The average molecular weight is 156 g/mol. The summed E-state index contributed by atoms with van der Waals surface area (Å²) in [6, 6.07) is 0. The molecule has 0 fully saturated rings. The second kappa shape index (κ2) is 3.55. The van der Waals surface area contributed by atoms with E-state index in [4.69, 9.17) is 0 Å². The van der Waals surface area contributed by atoms with Gasteiger partial charge in [-0.25, -0.2) is 9.89 Å². The molecule has 0 radical (unpaired) electrons. The van der Waals surface area contributed by atoms with E-state index in [0.717, 1.165) is 0 Å². The van der Waals surface area contributed by atoms with Crippen LogP contribution in [-0.4, -0.2) is 27.9 Å². The molecule has 1 aromatic rings. The third kappa shape index (κ3) is 2.24. The summed E-state index contributed by atoms with van der Waals surface area (Å²) in [5, 5.41) is 8.31. The molecule has 0 aromatic carbocycles. The Labute approximate surface area is 63.0 Å². The fourth-order valence-electron chi connectivity index (χ4n) is 0.530. The normalized spacial score (nSPS) is 9.18. The van der Waals surface area contributed by atoms with Crippen molar-refractivity contribution in [2.24, 2.45) is 0 Å². The highest BCUT2D eigenvalue weighted by Gasteiger charge is 2.01. The van der Waals surface area contributed by atoms with Crippen LogP contribution in [-0.2, 0) is 4.74 Å². The molecule has 0 unspecified atom stereocenters. The predicted molar refractivity (Wildman–Crippen MR) is 37.0 cm³/mol. The maximum Gasteiger partial charge on any atom is 0.413 e. The summed E-state index contributed by atoms with van der Waals surface area (Å²) in [4.78, 5) is 14.3. The molecule has 6 heteroatoms. The van der Waals surface area contributed by atoms with E-state index in [1.54, 1.807) is 6.92 Å². The first-order chi connectivity index (χ1) is 5.33. The summed E-state index contributed by atoms with van der Waals surface area (Å²) >= 11 is 0. The van der Waals surface area contributed by atoms with Gasteiger partial charge in [-0.05, 0) is 6.92 Å². The van der Waals surface area contributed by atoms with Gasteiger partial charge in [-0.2, -0.15) is 10.1 Å². The molecule has 0 saturated heterocycles. The first kappa shape index (κ1) is 7.52. The van der Waals surface area contributed by atoms with Gasteiger partial charge in [-0.3, -0.25) is 5.32 Å². The van der Waals surface area contributed by atoms with E-state index in [1.165, 1.54) is 6.33 Å². The number of rotatable bonds is 2. The van der Waals surface area contributed by atoms with E-state index in [2.05, 4.69) is 25.2 Å². The molecule has 1 aromatic heterocycles. The maximum absolute atomic E-state index is 10.7. The first-order valence-corrected chi connectivity index (χ1v) is 3.12. The molecule has 11 heavy (non-hydrogen) atoms. The van der Waals surface area contributed by atoms with Crippen LogP contribution < -0.4 is 5.32 Å². The molecule has 60 valence electrons. The van der Waals surface area contributed by atoms with Crippen molar-refractivity contribution in [1.82, 2.24) is 15.2 Å². The van der Waals surface area contributed by atoms with Crippen LogP contribution >= 0.6 is 0 Å². The number of nitrogens with one attached hydrogen (secondary N) is 2. The smallest absolute Gasteiger partial charge is 0.413 e. The van der Waals surface area contributed by atoms with Gasteiger partial charge in [-0.1, -0.05) is 0 Å².